The van der Waals surface area contributed by atoms with E-state index in [0.717, 1.165) is 22.2 Å². The predicted octanol–water partition coefficient (Wildman–Crippen LogP) is 3.66. The lowest BCUT2D eigenvalue weighted by molar-refractivity contribution is 0.512. The van der Waals surface area contributed by atoms with E-state index in [1.807, 2.05) is 23.0 Å². The zero-order chi connectivity index (χ0) is 15.3. The maximum absolute atomic E-state index is 4.98. The quantitative estimate of drug-likeness (QED) is 0.669. The van der Waals surface area contributed by atoms with Gasteiger partial charge >= 0.3 is 0 Å². The van der Waals surface area contributed by atoms with Crippen molar-refractivity contribution in [3.63, 3.8) is 0 Å². The molecular weight excluding hydrogens is 340 g/mol. The maximum Gasteiger partial charge on any atom is 0.233 e. The van der Waals surface area contributed by atoms with E-state index in [2.05, 4.69) is 57.9 Å². The van der Waals surface area contributed by atoms with E-state index in [1.165, 1.54) is 11.1 Å². The van der Waals surface area contributed by atoms with E-state index in [1.54, 1.807) is 6.20 Å². The number of benzene rings is 1. The van der Waals surface area contributed by atoms with Crippen molar-refractivity contribution in [1.82, 2.24) is 14.4 Å². The van der Waals surface area contributed by atoms with Gasteiger partial charge in [0.15, 0.2) is 0 Å². The zero-order valence-electron chi connectivity index (χ0n) is 12.4. The van der Waals surface area contributed by atoms with Gasteiger partial charge in [-0.3, -0.25) is 9.39 Å². The average molecular weight is 355 g/mol. The number of hydrogen-bond acceptors (Lipinski definition) is 3. The van der Waals surface area contributed by atoms with Crippen molar-refractivity contribution in [3.8, 4) is 0 Å². The Morgan fingerprint density at radius 2 is 2.09 bits per heavy atom. The van der Waals surface area contributed by atoms with Crippen molar-refractivity contribution in [3.05, 3.63) is 64.1 Å². The van der Waals surface area contributed by atoms with Gasteiger partial charge in [0.2, 0.25) is 5.78 Å². The summed E-state index contributed by atoms with van der Waals surface area (Å²) in [6, 6.07) is 6.28. The number of nitrogens with zero attached hydrogens (tertiary/aromatic N) is 4. The predicted molar refractivity (Wildman–Crippen MR) is 90.6 cm³/mol. The molecule has 0 amide bonds. The van der Waals surface area contributed by atoms with Crippen molar-refractivity contribution >= 4 is 27.4 Å². The summed E-state index contributed by atoms with van der Waals surface area (Å²) < 4.78 is 3.07. The molecule has 0 N–H and O–H groups in total. The Hall–Kier alpha value is -2.01. The first-order chi connectivity index (χ1) is 10.5. The van der Waals surface area contributed by atoms with E-state index in [0.29, 0.717) is 5.78 Å². The SMILES string of the molecule is CC1(C)Cc2c(Br)cccc2C(c2cnc3nccn3c2)=N1. The van der Waals surface area contributed by atoms with Gasteiger partial charge in [0.05, 0.1) is 11.3 Å². The Labute approximate surface area is 137 Å². The van der Waals surface area contributed by atoms with Crippen LogP contribution in [-0.2, 0) is 6.42 Å². The Kier molecular flexibility index (Phi) is 2.94. The molecule has 1 aliphatic heterocycles. The summed E-state index contributed by atoms with van der Waals surface area (Å²) in [7, 11) is 0. The van der Waals surface area contributed by atoms with Gasteiger partial charge in [0.25, 0.3) is 0 Å². The van der Waals surface area contributed by atoms with Crippen LogP contribution in [0.5, 0.6) is 0 Å². The Morgan fingerprint density at radius 3 is 2.95 bits per heavy atom. The fourth-order valence-electron chi connectivity index (χ4n) is 2.95. The monoisotopic (exact) mass is 354 g/mol. The topological polar surface area (TPSA) is 42.5 Å². The van der Waals surface area contributed by atoms with Crippen LogP contribution in [-0.4, -0.2) is 25.6 Å². The van der Waals surface area contributed by atoms with Crippen LogP contribution in [0.3, 0.4) is 0 Å². The molecule has 0 bridgehead atoms. The maximum atomic E-state index is 4.98. The molecule has 0 fully saturated rings. The van der Waals surface area contributed by atoms with Gasteiger partial charge < -0.3 is 0 Å². The summed E-state index contributed by atoms with van der Waals surface area (Å²) >= 11 is 3.68. The highest BCUT2D eigenvalue weighted by Crippen LogP contribution is 2.33. The minimum absolute atomic E-state index is 0.129. The van der Waals surface area contributed by atoms with Gasteiger partial charge in [-0.05, 0) is 31.9 Å². The normalized spacial score (nSPS) is 16.4. The van der Waals surface area contributed by atoms with Crippen molar-refractivity contribution in [2.75, 3.05) is 0 Å². The second-order valence-corrected chi connectivity index (χ2v) is 7.05. The summed E-state index contributed by atoms with van der Waals surface area (Å²) in [4.78, 5) is 13.6. The minimum Gasteiger partial charge on any atom is -0.291 e. The van der Waals surface area contributed by atoms with Gasteiger partial charge in [-0.1, -0.05) is 28.1 Å². The molecule has 0 spiro atoms. The van der Waals surface area contributed by atoms with Crippen LogP contribution in [0.1, 0.15) is 30.5 Å². The molecule has 0 aliphatic carbocycles. The molecule has 2 aromatic heterocycles. The zero-order valence-corrected chi connectivity index (χ0v) is 14.0. The highest BCUT2D eigenvalue weighted by molar-refractivity contribution is 9.10. The lowest BCUT2D eigenvalue weighted by Crippen LogP contribution is -2.29. The van der Waals surface area contributed by atoms with E-state index in [-0.39, 0.29) is 5.54 Å². The molecule has 4 nitrogen and oxygen atoms in total. The van der Waals surface area contributed by atoms with Gasteiger partial charge in [0.1, 0.15) is 0 Å². The molecule has 3 heterocycles. The van der Waals surface area contributed by atoms with Crippen LogP contribution in [0, 0.1) is 0 Å². The second-order valence-electron chi connectivity index (χ2n) is 6.19. The molecule has 110 valence electrons. The number of fused-ring (bicyclic) bond motifs is 2. The number of rotatable bonds is 1. The van der Waals surface area contributed by atoms with Crippen LogP contribution in [0.15, 0.2) is 52.5 Å². The fraction of sp³-hybridized carbons (Fsp3) is 0.235. The summed E-state index contributed by atoms with van der Waals surface area (Å²) in [6.07, 6.45) is 8.48. The number of aliphatic imine (C=N–C) groups is 1. The largest absolute Gasteiger partial charge is 0.291 e. The van der Waals surface area contributed by atoms with Crippen molar-refractivity contribution < 1.29 is 0 Å². The fourth-order valence-corrected chi connectivity index (χ4v) is 3.46. The molecule has 3 aromatic rings. The third-order valence-corrected chi connectivity index (χ3v) is 4.66. The number of halogens is 1. The van der Waals surface area contributed by atoms with Gasteiger partial charge in [-0.25, -0.2) is 9.97 Å². The highest BCUT2D eigenvalue weighted by Gasteiger charge is 2.29. The van der Waals surface area contributed by atoms with Crippen LogP contribution in [0.25, 0.3) is 5.78 Å². The molecule has 1 aliphatic rings. The summed E-state index contributed by atoms with van der Waals surface area (Å²) in [5.74, 6) is 0.703. The minimum atomic E-state index is -0.129. The van der Waals surface area contributed by atoms with Crippen LogP contribution in [0.4, 0.5) is 0 Å². The number of aromatic nitrogens is 3. The Balaban J connectivity index is 1.96. The van der Waals surface area contributed by atoms with E-state index in [4.69, 9.17) is 4.99 Å². The highest BCUT2D eigenvalue weighted by atomic mass is 79.9. The third kappa shape index (κ3) is 2.16. The first-order valence-electron chi connectivity index (χ1n) is 7.20. The first kappa shape index (κ1) is 13.6. The van der Waals surface area contributed by atoms with Gasteiger partial charge in [-0.2, -0.15) is 0 Å². The van der Waals surface area contributed by atoms with E-state index >= 15 is 0 Å². The standard InChI is InChI=1S/C17H15BrN4/c1-17(2)8-13-12(4-3-5-14(13)18)15(21-17)11-9-20-16-19-6-7-22(16)10-11/h3-7,9-10H,8H2,1-2H3. The van der Waals surface area contributed by atoms with Crippen LogP contribution >= 0.6 is 15.9 Å². The van der Waals surface area contributed by atoms with Crippen molar-refractivity contribution in [1.29, 1.82) is 0 Å². The molecule has 0 saturated carbocycles. The second kappa shape index (κ2) is 4.74. The molecule has 0 atom stereocenters. The number of imidazole rings is 1. The molecular formula is C17H15BrN4. The molecule has 0 unspecified atom stereocenters. The van der Waals surface area contributed by atoms with E-state index in [9.17, 15) is 0 Å². The Bertz CT molecular complexity index is 908. The molecule has 5 heteroatoms. The summed E-state index contributed by atoms with van der Waals surface area (Å²) in [5, 5.41) is 0. The molecule has 0 radical (unpaired) electrons. The Morgan fingerprint density at radius 1 is 1.23 bits per heavy atom. The smallest absolute Gasteiger partial charge is 0.233 e. The lowest BCUT2D eigenvalue weighted by Gasteiger charge is -2.29. The molecule has 4 rings (SSSR count). The molecule has 1 aromatic carbocycles. The lowest BCUT2D eigenvalue weighted by atomic mass is 9.85. The van der Waals surface area contributed by atoms with Crippen LogP contribution < -0.4 is 0 Å². The summed E-state index contributed by atoms with van der Waals surface area (Å²) in [5.41, 5.74) is 4.36. The first-order valence-corrected chi connectivity index (χ1v) is 7.99. The van der Waals surface area contributed by atoms with Crippen LogP contribution in [0.2, 0.25) is 0 Å². The number of hydrogen-bond donors (Lipinski definition) is 0. The molecule has 0 saturated heterocycles. The van der Waals surface area contributed by atoms with Gasteiger partial charge in [0, 0.05) is 40.4 Å². The summed E-state index contributed by atoms with van der Waals surface area (Å²) in [6.45, 7) is 4.33. The average Bonchev–Trinajstić information content (AvgIpc) is 2.94. The van der Waals surface area contributed by atoms with Crippen molar-refractivity contribution in [2.24, 2.45) is 4.99 Å². The van der Waals surface area contributed by atoms with Gasteiger partial charge in [-0.15, -0.1) is 0 Å². The third-order valence-electron chi connectivity index (χ3n) is 3.92. The molecule has 22 heavy (non-hydrogen) atoms. The van der Waals surface area contributed by atoms with E-state index < -0.39 is 0 Å². The van der Waals surface area contributed by atoms with Crippen molar-refractivity contribution in [2.45, 2.75) is 25.8 Å².